The molecule has 0 aliphatic carbocycles. The Morgan fingerprint density at radius 3 is 2.44 bits per heavy atom. The van der Waals surface area contributed by atoms with Crippen LogP contribution in [0.15, 0.2) is 52.6 Å². The number of piperazine rings is 1. The predicted octanol–water partition coefficient (Wildman–Crippen LogP) is 6.75. The molecule has 2 aliphatic rings. The van der Waals surface area contributed by atoms with Gasteiger partial charge in [0.1, 0.15) is 16.6 Å². The summed E-state index contributed by atoms with van der Waals surface area (Å²) in [7, 11) is 3.60. The van der Waals surface area contributed by atoms with Gasteiger partial charge in [0, 0.05) is 86.1 Å². The topological polar surface area (TPSA) is 81.7 Å². The molecule has 9 nitrogen and oxygen atoms in total. The lowest BCUT2D eigenvalue weighted by molar-refractivity contribution is 0.0981. The third-order valence-corrected chi connectivity index (χ3v) is 11.5. The summed E-state index contributed by atoms with van der Waals surface area (Å²) in [5.74, 6) is 2.08. The van der Waals surface area contributed by atoms with Crippen LogP contribution in [0.2, 0.25) is 0 Å². The van der Waals surface area contributed by atoms with Gasteiger partial charge in [-0.2, -0.15) is 4.98 Å². The van der Waals surface area contributed by atoms with Crippen molar-refractivity contribution < 1.29 is 4.74 Å². The van der Waals surface area contributed by atoms with Crippen LogP contribution in [0.4, 0.5) is 28.8 Å². The van der Waals surface area contributed by atoms with Crippen LogP contribution in [0.25, 0.3) is 10.6 Å². The second-order valence-electron chi connectivity index (χ2n) is 12.0. The number of halogens is 1. The molecule has 0 unspecified atom stereocenters. The molecule has 4 aromatic rings. The van der Waals surface area contributed by atoms with Crippen molar-refractivity contribution in [2.45, 2.75) is 25.8 Å². The van der Waals surface area contributed by atoms with E-state index in [0.29, 0.717) is 17.8 Å². The highest BCUT2D eigenvalue weighted by Crippen LogP contribution is 2.38. The van der Waals surface area contributed by atoms with Gasteiger partial charge in [0.15, 0.2) is 0 Å². The Morgan fingerprint density at radius 1 is 0.978 bits per heavy atom. The Balaban J connectivity index is 1.17. The minimum atomic E-state index is -0.371. The lowest BCUT2D eigenvalue weighted by Gasteiger charge is -2.42. The third-order valence-electron chi connectivity index (χ3n) is 8.79. The number of piperidine rings is 1. The smallest absolute Gasteiger partial charge is 0.229 e. The Hall–Kier alpha value is -2.82. The van der Waals surface area contributed by atoms with E-state index in [-0.39, 0.29) is 7.92 Å². The molecule has 6 rings (SSSR count). The molecule has 2 aromatic heterocycles. The maximum absolute atomic E-state index is 5.92. The van der Waals surface area contributed by atoms with Gasteiger partial charge in [-0.05, 0) is 91.2 Å². The molecule has 0 bridgehead atoms. The summed E-state index contributed by atoms with van der Waals surface area (Å²) < 4.78 is 6.72. The van der Waals surface area contributed by atoms with Crippen molar-refractivity contribution in [1.82, 2.24) is 24.8 Å². The van der Waals surface area contributed by atoms with Crippen LogP contribution >= 0.6 is 35.2 Å². The molecule has 2 aliphatic heterocycles. The average Bonchev–Trinajstić information content (AvgIpc) is 3.59. The zero-order chi connectivity index (χ0) is 31.5. The van der Waals surface area contributed by atoms with Crippen LogP contribution < -0.4 is 25.6 Å². The summed E-state index contributed by atoms with van der Waals surface area (Å²) in [6.45, 7) is 13.4. The highest BCUT2D eigenvalue weighted by molar-refractivity contribution is 9.10. The summed E-state index contributed by atoms with van der Waals surface area (Å²) >= 11 is 5.31. The fourth-order valence-electron chi connectivity index (χ4n) is 6.15. The minimum Gasteiger partial charge on any atom is -0.495 e. The number of aromatic nitrogens is 3. The van der Waals surface area contributed by atoms with Crippen LogP contribution in [0, 0.1) is 6.92 Å². The van der Waals surface area contributed by atoms with E-state index in [2.05, 4.69) is 109 Å². The van der Waals surface area contributed by atoms with Crippen molar-refractivity contribution >= 4 is 69.3 Å². The van der Waals surface area contributed by atoms with E-state index >= 15 is 0 Å². The Bertz CT molecular complexity index is 1600. The number of benzene rings is 2. The molecule has 0 amide bonds. The van der Waals surface area contributed by atoms with Gasteiger partial charge in [-0.3, -0.25) is 4.90 Å². The number of nitrogens with zero attached hydrogens (tertiary/aromatic N) is 6. The number of rotatable bonds is 9. The lowest BCUT2D eigenvalue weighted by Crippen LogP contribution is -2.52. The van der Waals surface area contributed by atoms with E-state index in [9.17, 15) is 0 Å². The number of hydrogen-bond acceptors (Lipinski definition) is 10. The quantitative estimate of drug-likeness (QED) is 0.184. The van der Waals surface area contributed by atoms with Crippen molar-refractivity contribution in [1.29, 1.82) is 0 Å². The van der Waals surface area contributed by atoms with Crippen molar-refractivity contribution in [2.75, 3.05) is 82.3 Å². The Morgan fingerprint density at radius 2 is 1.76 bits per heavy atom. The normalized spacial score (nSPS) is 16.7. The zero-order valence-corrected chi connectivity index (χ0v) is 30.0. The van der Waals surface area contributed by atoms with Crippen LogP contribution in [0.5, 0.6) is 5.75 Å². The number of nitrogens with one attached hydrogen (secondary N) is 2. The molecule has 2 N–H and O–H groups in total. The summed E-state index contributed by atoms with van der Waals surface area (Å²) in [5, 5.41) is 11.3. The number of methoxy groups -OCH3 is 1. The van der Waals surface area contributed by atoms with Crippen molar-refractivity contribution in [3.63, 3.8) is 0 Å². The van der Waals surface area contributed by atoms with Crippen molar-refractivity contribution in [3.05, 3.63) is 58.1 Å². The minimum absolute atomic E-state index is 0.371. The number of likely N-dealkylation sites (N-methyl/N-ethyl adjacent to an activating group) is 1. The summed E-state index contributed by atoms with van der Waals surface area (Å²) in [4.78, 5) is 21.5. The van der Waals surface area contributed by atoms with Gasteiger partial charge in [0.25, 0.3) is 0 Å². The number of aryl methyl sites for hydroxylation is 1. The number of hydrogen-bond donors (Lipinski definition) is 2. The highest BCUT2D eigenvalue weighted by Gasteiger charge is 2.28. The standard InChI is InChI=1S/C33H42BrN8OPS/c1-22-18-28(42-11-8-24(9-12-42)41-15-13-40(2)14-16-41)29(43-3)20-27(22)38-33-36-21-25(34)31(39-33)37-26-7-6-23(19-30(26)44(4)5)32-35-10-17-45-32/h6-7,10,17-21,24H,8-9,11-16H2,1-5H3,(H2,36,37,38,39). The van der Waals surface area contributed by atoms with Crippen LogP contribution in [-0.4, -0.2) is 97.5 Å². The maximum atomic E-state index is 5.92. The van der Waals surface area contributed by atoms with E-state index in [1.54, 1.807) is 24.6 Å². The fraction of sp³-hybridized carbons (Fsp3) is 0.424. The summed E-state index contributed by atoms with van der Waals surface area (Å²) in [6, 6.07) is 11.5. The van der Waals surface area contributed by atoms with Crippen LogP contribution in [-0.2, 0) is 0 Å². The third kappa shape index (κ3) is 7.44. The Kier molecular flexibility index (Phi) is 10.2. The number of thiazole rings is 1. The van der Waals surface area contributed by atoms with Gasteiger partial charge < -0.3 is 25.2 Å². The van der Waals surface area contributed by atoms with E-state index in [1.807, 2.05) is 11.6 Å². The number of anilines is 5. The summed E-state index contributed by atoms with van der Waals surface area (Å²) in [5.41, 5.74) is 5.38. The monoisotopic (exact) mass is 708 g/mol. The van der Waals surface area contributed by atoms with E-state index < -0.39 is 0 Å². The molecule has 0 spiro atoms. The largest absolute Gasteiger partial charge is 0.495 e. The molecule has 2 saturated heterocycles. The van der Waals surface area contributed by atoms with Gasteiger partial charge >= 0.3 is 0 Å². The highest BCUT2D eigenvalue weighted by atomic mass is 79.9. The summed E-state index contributed by atoms with van der Waals surface area (Å²) in [6.07, 6.45) is 6.00. The molecule has 45 heavy (non-hydrogen) atoms. The number of ether oxygens (including phenoxy) is 1. The van der Waals surface area contributed by atoms with Crippen molar-refractivity contribution in [3.8, 4) is 16.3 Å². The van der Waals surface area contributed by atoms with Crippen LogP contribution in [0.1, 0.15) is 18.4 Å². The first kappa shape index (κ1) is 32.1. The predicted molar refractivity (Wildman–Crippen MR) is 194 cm³/mol. The molecule has 0 saturated carbocycles. The van der Waals surface area contributed by atoms with E-state index in [0.717, 1.165) is 56.5 Å². The van der Waals surface area contributed by atoms with Gasteiger partial charge in [-0.15, -0.1) is 11.3 Å². The first-order chi connectivity index (χ1) is 21.8. The Labute approximate surface area is 280 Å². The molecule has 0 radical (unpaired) electrons. The first-order valence-corrected chi connectivity index (χ1v) is 19.3. The average molecular weight is 710 g/mol. The van der Waals surface area contributed by atoms with Gasteiger partial charge in [-0.1, -0.05) is 7.92 Å². The molecule has 2 aromatic carbocycles. The van der Waals surface area contributed by atoms with E-state index in [1.165, 1.54) is 44.3 Å². The second kappa shape index (κ2) is 14.3. The molecule has 2 fully saturated rings. The molecule has 4 heterocycles. The van der Waals surface area contributed by atoms with Gasteiger partial charge in [-0.25, -0.2) is 9.97 Å². The fourth-order valence-corrected chi connectivity index (χ4v) is 8.08. The van der Waals surface area contributed by atoms with Crippen LogP contribution in [0.3, 0.4) is 0 Å². The van der Waals surface area contributed by atoms with Gasteiger partial charge in [0.05, 0.1) is 17.3 Å². The van der Waals surface area contributed by atoms with Gasteiger partial charge in [0.2, 0.25) is 5.95 Å². The lowest BCUT2D eigenvalue weighted by atomic mass is 10.0. The first-order valence-electron chi connectivity index (χ1n) is 15.4. The second-order valence-corrected chi connectivity index (χ2v) is 16.0. The van der Waals surface area contributed by atoms with E-state index in [4.69, 9.17) is 9.72 Å². The SMILES string of the molecule is COc1cc(Nc2ncc(Br)c(Nc3ccc(-c4nccs4)cc3P(C)C)n2)c(C)cc1N1CCC(N2CCN(C)CC2)CC1. The molecular formula is C33H42BrN8OPS. The zero-order valence-electron chi connectivity index (χ0n) is 26.7. The molecular weight excluding hydrogens is 667 g/mol. The molecule has 238 valence electrons. The van der Waals surface area contributed by atoms with Crippen molar-refractivity contribution in [2.24, 2.45) is 0 Å². The molecule has 12 heteroatoms. The maximum Gasteiger partial charge on any atom is 0.229 e. The molecule has 0 atom stereocenters.